The van der Waals surface area contributed by atoms with E-state index in [9.17, 15) is 0 Å². The largest absolute Gasteiger partial charge is 0.492 e. The van der Waals surface area contributed by atoms with Crippen LogP contribution in [0.3, 0.4) is 0 Å². The fourth-order valence-corrected chi connectivity index (χ4v) is 1.67. The van der Waals surface area contributed by atoms with Crippen LogP contribution in [-0.2, 0) is 0 Å². The molecule has 0 fully saturated rings. The van der Waals surface area contributed by atoms with Crippen molar-refractivity contribution in [1.29, 1.82) is 0 Å². The average molecular weight is 235 g/mol. The molecule has 0 aliphatic carbocycles. The van der Waals surface area contributed by atoms with Gasteiger partial charge in [-0.1, -0.05) is 23.2 Å². The molecule has 14 heavy (non-hydrogen) atoms. The fourth-order valence-electron chi connectivity index (χ4n) is 1.05. The topological polar surface area (TPSA) is 49.7 Å². The second-order valence-electron chi connectivity index (χ2n) is 2.58. The van der Waals surface area contributed by atoms with Crippen LogP contribution in [-0.4, -0.2) is 23.8 Å². The number of rotatable bonds is 3. The standard InChI is InChI=1S/C8H9BCl2O3/c1-2-14-6-4-3-5(10)7(8(6)11)9(12)13/h3-4,12-13H,2H2,1H3. The summed E-state index contributed by atoms with van der Waals surface area (Å²) in [6.07, 6.45) is 0. The Morgan fingerprint density at radius 3 is 2.50 bits per heavy atom. The first-order valence-electron chi connectivity index (χ1n) is 4.04. The Morgan fingerprint density at radius 2 is 2.00 bits per heavy atom. The lowest BCUT2D eigenvalue weighted by atomic mass is 9.80. The van der Waals surface area contributed by atoms with E-state index in [1.54, 1.807) is 13.0 Å². The fraction of sp³-hybridized carbons (Fsp3) is 0.250. The highest BCUT2D eigenvalue weighted by Crippen LogP contribution is 2.25. The van der Waals surface area contributed by atoms with E-state index >= 15 is 0 Å². The Bertz CT molecular complexity index is 331. The van der Waals surface area contributed by atoms with Gasteiger partial charge >= 0.3 is 7.12 Å². The van der Waals surface area contributed by atoms with Gasteiger partial charge in [-0.15, -0.1) is 0 Å². The molecule has 0 unspecified atom stereocenters. The molecule has 0 aliphatic heterocycles. The summed E-state index contributed by atoms with van der Waals surface area (Å²) in [6.45, 7) is 2.25. The summed E-state index contributed by atoms with van der Waals surface area (Å²) in [5.74, 6) is 0.390. The molecule has 0 saturated heterocycles. The Balaban J connectivity index is 3.19. The van der Waals surface area contributed by atoms with Crippen LogP contribution in [0.1, 0.15) is 6.92 Å². The van der Waals surface area contributed by atoms with Crippen LogP contribution >= 0.6 is 23.2 Å². The van der Waals surface area contributed by atoms with Crippen LogP contribution in [0, 0.1) is 0 Å². The van der Waals surface area contributed by atoms with E-state index in [1.807, 2.05) is 0 Å². The quantitative estimate of drug-likeness (QED) is 0.770. The van der Waals surface area contributed by atoms with Crippen LogP contribution in [0.2, 0.25) is 10.0 Å². The minimum absolute atomic E-state index is 0.0688. The van der Waals surface area contributed by atoms with Gasteiger partial charge in [-0.05, 0) is 19.1 Å². The highest BCUT2D eigenvalue weighted by atomic mass is 35.5. The highest BCUT2D eigenvalue weighted by molar-refractivity contribution is 6.66. The summed E-state index contributed by atoms with van der Waals surface area (Å²) in [6, 6.07) is 3.09. The summed E-state index contributed by atoms with van der Waals surface area (Å²) in [7, 11) is -1.70. The molecule has 0 aromatic heterocycles. The Morgan fingerprint density at radius 1 is 1.36 bits per heavy atom. The summed E-state index contributed by atoms with van der Waals surface area (Å²) >= 11 is 11.6. The number of hydrogen-bond donors (Lipinski definition) is 2. The Labute approximate surface area is 92.4 Å². The number of halogens is 2. The van der Waals surface area contributed by atoms with E-state index in [4.69, 9.17) is 38.0 Å². The van der Waals surface area contributed by atoms with Crippen molar-refractivity contribution in [2.24, 2.45) is 0 Å². The third kappa shape index (κ3) is 2.33. The summed E-state index contributed by atoms with van der Waals surface area (Å²) < 4.78 is 5.17. The first-order chi connectivity index (χ1) is 6.57. The number of ether oxygens (including phenoxy) is 1. The minimum Gasteiger partial charge on any atom is -0.492 e. The summed E-state index contributed by atoms with van der Waals surface area (Å²) in [4.78, 5) is 0. The molecule has 0 bridgehead atoms. The van der Waals surface area contributed by atoms with E-state index in [2.05, 4.69) is 0 Å². The van der Waals surface area contributed by atoms with Gasteiger partial charge in [0.05, 0.1) is 11.6 Å². The predicted octanol–water partition coefficient (Wildman–Crippen LogP) is 1.07. The van der Waals surface area contributed by atoms with E-state index in [-0.39, 0.29) is 15.5 Å². The van der Waals surface area contributed by atoms with Crippen molar-refractivity contribution in [1.82, 2.24) is 0 Å². The smallest absolute Gasteiger partial charge is 0.491 e. The van der Waals surface area contributed by atoms with Gasteiger partial charge in [0, 0.05) is 10.5 Å². The lowest BCUT2D eigenvalue weighted by Crippen LogP contribution is -2.32. The van der Waals surface area contributed by atoms with Crippen molar-refractivity contribution in [2.75, 3.05) is 6.61 Å². The zero-order chi connectivity index (χ0) is 10.7. The van der Waals surface area contributed by atoms with Crippen molar-refractivity contribution >= 4 is 35.8 Å². The van der Waals surface area contributed by atoms with Crippen molar-refractivity contribution < 1.29 is 14.8 Å². The van der Waals surface area contributed by atoms with Crippen LogP contribution in [0.4, 0.5) is 0 Å². The van der Waals surface area contributed by atoms with Gasteiger partial charge in [0.15, 0.2) is 0 Å². The minimum atomic E-state index is -1.70. The second-order valence-corrected chi connectivity index (χ2v) is 3.37. The molecule has 2 N–H and O–H groups in total. The van der Waals surface area contributed by atoms with Crippen LogP contribution in [0.25, 0.3) is 0 Å². The highest BCUT2D eigenvalue weighted by Gasteiger charge is 2.21. The molecule has 1 aromatic carbocycles. The van der Waals surface area contributed by atoms with Crippen molar-refractivity contribution in [3.63, 3.8) is 0 Å². The first kappa shape index (κ1) is 11.7. The summed E-state index contributed by atoms with van der Waals surface area (Å²) in [5.41, 5.74) is 0.0688. The van der Waals surface area contributed by atoms with Gasteiger partial charge in [0.2, 0.25) is 0 Å². The zero-order valence-corrected chi connectivity index (χ0v) is 9.01. The van der Waals surface area contributed by atoms with Crippen LogP contribution < -0.4 is 10.2 Å². The third-order valence-electron chi connectivity index (χ3n) is 1.65. The molecule has 0 spiro atoms. The predicted molar refractivity (Wildman–Crippen MR) is 57.5 cm³/mol. The monoisotopic (exact) mass is 234 g/mol. The van der Waals surface area contributed by atoms with E-state index < -0.39 is 7.12 Å². The first-order valence-corrected chi connectivity index (χ1v) is 4.80. The Hall–Kier alpha value is -0.415. The zero-order valence-electron chi connectivity index (χ0n) is 7.50. The van der Waals surface area contributed by atoms with Gasteiger partial charge in [-0.3, -0.25) is 0 Å². The van der Waals surface area contributed by atoms with Crippen LogP contribution in [0.15, 0.2) is 12.1 Å². The van der Waals surface area contributed by atoms with Crippen LogP contribution in [0.5, 0.6) is 5.75 Å². The van der Waals surface area contributed by atoms with Gasteiger partial charge in [-0.25, -0.2) is 0 Å². The molecule has 1 aromatic rings. The SMILES string of the molecule is CCOc1ccc(Cl)c(B(O)O)c1Cl. The van der Waals surface area contributed by atoms with E-state index in [0.29, 0.717) is 12.4 Å². The van der Waals surface area contributed by atoms with E-state index in [1.165, 1.54) is 6.07 Å². The van der Waals surface area contributed by atoms with E-state index in [0.717, 1.165) is 0 Å². The maximum absolute atomic E-state index is 9.01. The normalized spacial score (nSPS) is 10.1. The molecule has 0 atom stereocenters. The molecule has 76 valence electrons. The molecule has 1 rings (SSSR count). The third-order valence-corrected chi connectivity index (χ3v) is 2.37. The Kier molecular flexibility index (Phi) is 4.07. The molecular formula is C8H9BCl2O3. The molecule has 0 heterocycles. The molecule has 3 nitrogen and oxygen atoms in total. The maximum atomic E-state index is 9.01. The van der Waals surface area contributed by atoms with Crippen molar-refractivity contribution in [3.8, 4) is 5.75 Å². The van der Waals surface area contributed by atoms with Gasteiger partial charge in [0.1, 0.15) is 5.75 Å². The van der Waals surface area contributed by atoms with Crippen molar-refractivity contribution in [2.45, 2.75) is 6.92 Å². The van der Waals surface area contributed by atoms with Gasteiger partial charge in [0.25, 0.3) is 0 Å². The molecular weight excluding hydrogens is 226 g/mol. The molecule has 0 saturated carbocycles. The lowest BCUT2D eigenvalue weighted by molar-refractivity contribution is 0.340. The summed E-state index contributed by atoms with van der Waals surface area (Å²) in [5, 5.41) is 18.4. The molecule has 0 radical (unpaired) electrons. The molecule has 6 heteroatoms. The number of hydrogen-bond acceptors (Lipinski definition) is 3. The second kappa shape index (κ2) is 4.89. The number of benzene rings is 1. The lowest BCUT2D eigenvalue weighted by Gasteiger charge is -2.10. The van der Waals surface area contributed by atoms with Gasteiger partial charge in [-0.2, -0.15) is 0 Å². The average Bonchev–Trinajstić information content (AvgIpc) is 2.10. The maximum Gasteiger partial charge on any atom is 0.491 e. The van der Waals surface area contributed by atoms with Gasteiger partial charge < -0.3 is 14.8 Å². The van der Waals surface area contributed by atoms with Crippen molar-refractivity contribution in [3.05, 3.63) is 22.2 Å². The molecule has 0 amide bonds. The molecule has 0 aliphatic rings.